The Bertz CT molecular complexity index is 909. The van der Waals surface area contributed by atoms with E-state index < -0.39 is 22.1 Å². The lowest BCUT2D eigenvalue weighted by molar-refractivity contribution is -0.137. The molecule has 0 aliphatic carbocycles. The van der Waals surface area contributed by atoms with Crippen LogP contribution in [0.25, 0.3) is 0 Å². The Balaban J connectivity index is 2.17. The summed E-state index contributed by atoms with van der Waals surface area (Å²) in [5.41, 5.74) is 0.687. The zero-order valence-corrected chi connectivity index (χ0v) is 16.4. The molecule has 0 spiro atoms. The van der Waals surface area contributed by atoms with E-state index in [1.807, 2.05) is 0 Å². The lowest BCUT2D eigenvalue weighted by Gasteiger charge is -2.20. The molecule has 0 unspecified atom stereocenters. The van der Waals surface area contributed by atoms with Crippen LogP contribution >= 0.6 is 0 Å². The summed E-state index contributed by atoms with van der Waals surface area (Å²) < 4.78 is 31.7. The Morgan fingerprint density at radius 3 is 2.00 bits per heavy atom. The number of likely N-dealkylation sites (N-methyl/N-ethyl adjacent to an activating group) is 1. The van der Waals surface area contributed by atoms with Crippen LogP contribution in [-0.4, -0.2) is 52.4 Å². The minimum atomic E-state index is -3.76. The number of ether oxygens (including phenoxy) is 1. The number of nitrogens with zero attached hydrogens (tertiary/aromatic N) is 2. The summed E-state index contributed by atoms with van der Waals surface area (Å²) in [5.74, 6) is -1.04. The average Bonchev–Trinajstić information content (AvgIpc) is 2.67. The molecule has 2 rings (SSSR count). The lowest BCUT2D eigenvalue weighted by atomic mass is 10.2. The molecule has 8 heteroatoms. The molecule has 1 atom stereocenters. The third-order valence-corrected chi connectivity index (χ3v) is 5.74. The van der Waals surface area contributed by atoms with E-state index in [0.717, 1.165) is 4.31 Å². The normalized spacial score (nSPS) is 12.1. The number of anilines is 1. The van der Waals surface area contributed by atoms with Gasteiger partial charge >= 0.3 is 5.97 Å². The summed E-state index contributed by atoms with van der Waals surface area (Å²) in [5, 5.41) is 0. The van der Waals surface area contributed by atoms with Gasteiger partial charge in [0.25, 0.3) is 15.9 Å². The van der Waals surface area contributed by atoms with Crippen LogP contribution in [0.15, 0.2) is 59.5 Å². The smallest absolute Gasteiger partial charge is 0.338 e. The molecule has 0 N–H and O–H groups in total. The topological polar surface area (TPSA) is 84.0 Å². The first-order valence-electron chi connectivity index (χ1n) is 8.21. The van der Waals surface area contributed by atoms with Gasteiger partial charge in [-0.1, -0.05) is 18.2 Å². The molecule has 0 fully saturated rings. The molecule has 0 aliphatic rings. The van der Waals surface area contributed by atoms with Gasteiger partial charge in [-0.2, -0.15) is 0 Å². The second kappa shape index (κ2) is 8.22. The highest BCUT2D eigenvalue weighted by Crippen LogP contribution is 2.22. The lowest BCUT2D eigenvalue weighted by Crippen LogP contribution is -2.34. The molecule has 0 saturated heterocycles. The SMILES string of the molecule is C[C@H](OC(=O)c1ccc(S(=O)(=O)N(C)c2ccccc2)cc1)C(=O)N(C)C. The molecule has 2 aromatic carbocycles. The highest BCUT2D eigenvalue weighted by Gasteiger charge is 2.23. The van der Waals surface area contributed by atoms with Crippen LogP contribution in [0.3, 0.4) is 0 Å². The Morgan fingerprint density at radius 1 is 0.926 bits per heavy atom. The van der Waals surface area contributed by atoms with Gasteiger partial charge in [-0.05, 0) is 43.3 Å². The molecule has 0 aliphatic heterocycles. The quantitative estimate of drug-likeness (QED) is 0.706. The third-order valence-electron chi connectivity index (χ3n) is 3.94. The number of benzene rings is 2. The second-order valence-electron chi connectivity index (χ2n) is 6.11. The van der Waals surface area contributed by atoms with E-state index in [2.05, 4.69) is 0 Å². The van der Waals surface area contributed by atoms with Crippen molar-refractivity contribution in [1.82, 2.24) is 4.90 Å². The summed E-state index contributed by atoms with van der Waals surface area (Å²) in [7, 11) is 0.828. The Morgan fingerprint density at radius 2 is 1.48 bits per heavy atom. The van der Waals surface area contributed by atoms with Crippen molar-refractivity contribution < 1.29 is 22.7 Å². The van der Waals surface area contributed by atoms with E-state index in [1.165, 1.54) is 43.1 Å². The number of para-hydroxylation sites is 1. The number of amides is 1. The summed E-state index contributed by atoms with van der Waals surface area (Å²) in [6.45, 7) is 1.48. The van der Waals surface area contributed by atoms with Gasteiger partial charge in [0.05, 0.1) is 16.1 Å². The first kappa shape index (κ1) is 20.4. The highest BCUT2D eigenvalue weighted by molar-refractivity contribution is 7.92. The summed E-state index contributed by atoms with van der Waals surface area (Å²) >= 11 is 0. The minimum absolute atomic E-state index is 0.0443. The van der Waals surface area contributed by atoms with Gasteiger partial charge < -0.3 is 9.64 Å². The molecule has 27 heavy (non-hydrogen) atoms. The molecule has 0 saturated carbocycles. The predicted molar refractivity (Wildman–Crippen MR) is 102 cm³/mol. The first-order chi connectivity index (χ1) is 12.6. The number of carbonyl (C=O) groups is 2. The van der Waals surface area contributed by atoms with E-state index in [9.17, 15) is 18.0 Å². The minimum Gasteiger partial charge on any atom is -0.449 e. The van der Waals surface area contributed by atoms with Crippen LogP contribution in [0.2, 0.25) is 0 Å². The van der Waals surface area contributed by atoms with E-state index in [4.69, 9.17) is 4.74 Å². The predicted octanol–water partition coefficient (Wildman–Crippen LogP) is 2.15. The number of hydrogen-bond donors (Lipinski definition) is 0. The van der Waals surface area contributed by atoms with Crippen LogP contribution in [-0.2, 0) is 19.6 Å². The monoisotopic (exact) mass is 390 g/mol. The summed E-state index contributed by atoms with van der Waals surface area (Å²) in [6.07, 6.45) is -0.930. The fourth-order valence-corrected chi connectivity index (χ4v) is 3.54. The Hall–Kier alpha value is -2.87. The zero-order chi connectivity index (χ0) is 20.2. The first-order valence-corrected chi connectivity index (χ1v) is 9.65. The van der Waals surface area contributed by atoms with Gasteiger partial charge in [0.15, 0.2) is 6.10 Å². The number of carbonyl (C=O) groups excluding carboxylic acids is 2. The van der Waals surface area contributed by atoms with Crippen LogP contribution in [0.5, 0.6) is 0 Å². The number of rotatable bonds is 6. The van der Waals surface area contributed by atoms with Crippen molar-refractivity contribution >= 4 is 27.6 Å². The zero-order valence-electron chi connectivity index (χ0n) is 15.6. The number of hydrogen-bond acceptors (Lipinski definition) is 5. The Labute approximate surface area is 159 Å². The van der Waals surface area contributed by atoms with E-state index in [1.54, 1.807) is 44.4 Å². The molecule has 1 amide bonds. The number of sulfonamides is 1. The molecule has 0 radical (unpaired) electrons. The molecule has 144 valence electrons. The Kier molecular flexibility index (Phi) is 6.22. The van der Waals surface area contributed by atoms with E-state index >= 15 is 0 Å². The van der Waals surface area contributed by atoms with Gasteiger partial charge in [0.1, 0.15) is 0 Å². The highest BCUT2D eigenvalue weighted by atomic mass is 32.2. The molecular weight excluding hydrogens is 368 g/mol. The molecular formula is C19H22N2O5S. The summed E-state index contributed by atoms with van der Waals surface area (Å²) in [4.78, 5) is 25.3. The fraction of sp³-hybridized carbons (Fsp3) is 0.263. The maximum atomic E-state index is 12.7. The van der Waals surface area contributed by atoms with Crippen molar-refractivity contribution in [1.29, 1.82) is 0 Å². The largest absolute Gasteiger partial charge is 0.449 e. The van der Waals surface area contributed by atoms with Crippen molar-refractivity contribution in [3.05, 3.63) is 60.2 Å². The van der Waals surface area contributed by atoms with Crippen molar-refractivity contribution in [3.63, 3.8) is 0 Å². The average molecular weight is 390 g/mol. The third kappa shape index (κ3) is 4.65. The van der Waals surface area contributed by atoms with Gasteiger partial charge in [-0.15, -0.1) is 0 Å². The van der Waals surface area contributed by atoms with Crippen LogP contribution in [0.4, 0.5) is 5.69 Å². The van der Waals surface area contributed by atoms with Crippen LogP contribution in [0, 0.1) is 0 Å². The number of esters is 1. The van der Waals surface area contributed by atoms with Crippen LogP contribution in [0.1, 0.15) is 17.3 Å². The molecule has 0 bridgehead atoms. The van der Waals surface area contributed by atoms with Crippen molar-refractivity contribution in [2.45, 2.75) is 17.9 Å². The fourth-order valence-electron chi connectivity index (χ4n) is 2.34. The van der Waals surface area contributed by atoms with Crippen molar-refractivity contribution in [3.8, 4) is 0 Å². The molecule has 7 nitrogen and oxygen atoms in total. The van der Waals surface area contributed by atoms with Gasteiger partial charge in [0, 0.05) is 21.1 Å². The van der Waals surface area contributed by atoms with Crippen LogP contribution < -0.4 is 4.31 Å². The second-order valence-corrected chi connectivity index (χ2v) is 8.08. The van der Waals surface area contributed by atoms with E-state index in [-0.39, 0.29) is 16.4 Å². The van der Waals surface area contributed by atoms with Gasteiger partial charge in [0.2, 0.25) is 0 Å². The molecule has 0 aromatic heterocycles. The maximum absolute atomic E-state index is 12.7. The molecule has 2 aromatic rings. The van der Waals surface area contributed by atoms with E-state index in [0.29, 0.717) is 5.69 Å². The van der Waals surface area contributed by atoms with Gasteiger partial charge in [-0.3, -0.25) is 9.10 Å². The van der Waals surface area contributed by atoms with Gasteiger partial charge in [-0.25, -0.2) is 13.2 Å². The molecule has 0 heterocycles. The van der Waals surface area contributed by atoms with Crippen molar-refractivity contribution in [2.75, 3.05) is 25.4 Å². The summed E-state index contributed by atoms with van der Waals surface area (Å²) in [6, 6.07) is 14.1. The van der Waals surface area contributed by atoms with Crippen molar-refractivity contribution in [2.24, 2.45) is 0 Å². The standard InChI is InChI=1S/C19H22N2O5S/c1-14(18(22)20(2)3)26-19(23)15-10-12-17(13-11-15)27(24,25)21(4)16-8-6-5-7-9-16/h5-14H,1-4H3/t14-/m0/s1. The maximum Gasteiger partial charge on any atom is 0.338 e.